The molecule has 1 unspecified atom stereocenters. The largest absolute Gasteiger partial charge is 0.493 e. The zero-order valence-electron chi connectivity index (χ0n) is 13.6. The Hall–Kier alpha value is -1.86. The fourth-order valence-corrected chi connectivity index (χ4v) is 3.19. The van der Waals surface area contributed by atoms with Crippen LogP contribution in [0.15, 0.2) is 38.7 Å². The molecule has 0 N–H and O–H groups in total. The maximum Gasteiger partial charge on any atom is 0.201 e. The summed E-state index contributed by atoms with van der Waals surface area (Å²) in [6, 6.07) is 10.5. The molecule has 0 saturated heterocycles. The Kier molecular flexibility index (Phi) is 3.70. The van der Waals surface area contributed by atoms with Gasteiger partial charge < -0.3 is 13.1 Å². The quantitative estimate of drug-likeness (QED) is 0.556. The van der Waals surface area contributed by atoms with Crippen LogP contribution >= 0.6 is 8.67 Å². The molecule has 3 rings (SSSR count). The molecule has 0 radical (unpaired) electrons. The molecule has 3 nitrogen and oxygen atoms in total. The molecule has 0 aliphatic heterocycles. The van der Waals surface area contributed by atoms with Gasteiger partial charge in [0.2, 0.25) is 8.67 Å². The van der Waals surface area contributed by atoms with Gasteiger partial charge in [-0.3, -0.25) is 0 Å². The Morgan fingerprint density at radius 3 is 2.45 bits per heavy atom. The molecule has 0 spiro atoms. The predicted molar refractivity (Wildman–Crippen MR) is 93.1 cm³/mol. The molecule has 0 saturated carbocycles. The second kappa shape index (κ2) is 5.40. The first-order valence-corrected chi connectivity index (χ1v) is 8.14. The SMILES string of the molecule is COc1cc(C)cc2c1o[pH]oc1cc(C(C)(C)C)ccc12. The first-order chi connectivity index (χ1) is 10.4. The van der Waals surface area contributed by atoms with E-state index >= 15 is 0 Å². The lowest BCUT2D eigenvalue weighted by Crippen LogP contribution is -2.10. The summed E-state index contributed by atoms with van der Waals surface area (Å²) in [5.41, 5.74) is 4.10. The highest BCUT2D eigenvalue weighted by Gasteiger charge is 2.15. The van der Waals surface area contributed by atoms with Gasteiger partial charge in [-0.05, 0) is 41.7 Å². The second-order valence-electron chi connectivity index (χ2n) is 6.59. The van der Waals surface area contributed by atoms with E-state index in [1.165, 1.54) is 5.56 Å². The second-order valence-corrected chi connectivity index (χ2v) is 7.17. The van der Waals surface area contributed by atoms with Crippen molar-refractivity contribution in [1.82, 2.24) is 0 Å². The van der Waals surface area contributed by atoms with Crippen molar-refractivity contribution in [2.75, 3.05) is 7.11 Å². The topological polar surface area (TPSA) is 35.5 Å². The number of hydrogen-bond donors (Lipinski definition) is 0. The molecule has 0 fully saturated rings. The van der Waals surface area contributed by atoms with Crippen LogP contribution in [0, 0.1) is 6.92 Å². The minimum absolute atomic E-state index is 0.0753. The summed E-state index contributed by atoms with van der Waals surface area (Å²) in [6.07, 6.45) is 0. The summed E-state index contributed by atoms with van der Waals surface area (Å²) < 4.78 is 17.1. The molecule has 116 valence electrons. The molecule has 1 atom stereocenters. The van der Waals surface area contributed by atoms with E-state index in [2.05, 4.69) is 52.0 Å². The zero-order chi connectivity index (χ0) is 15.9. The average molecular weight is 316 g/mol. The third-order valence-corrected chi connectivity index (χ3v) is 4.44. The van der Waals surface area contributed by atoms with Crippen LogP contribution in [0.4, 0.5) is 0 Å². The van der Waals surface area contributed by atoms with Crippen LogP contribution in [-0.2, 0) is 5.41 Å². The van der Waals surface area contributed by atoms with E-state index < -0.39 is 0 Å². The molecular formula is C18H21O3P. The van der Waals surface area contributed by atoms with Gasteiger partial charge in [-0.2, -0.15) is 0 Å². The van der Waals surface area contributed by atoms with Gasteiger partial charge >= 0.3 is 0 Å². The van der Waals surface area contributed by atoms with E-state index in [1.807, 2.05) is 6.07 Å². The summed E-state index contributed by atoms with van der Waals surface area (Å²) in [5.74, 6) is 0.749. The van der Waals surface area contributed by atoms with E-state index in [0.29, 0.717) is 0 Å². The Balaban J connectivity index is 2.44. The Morgan fingerprint density at radius 1 is 1.00 bits per heavy atom. The highest BCUT2D eigenvalue weighted by Crippen LogP contribution is 2.35. The van der Waals surface area contributed by atoms with Gasteiger partial charge in [-0.25, -0.2) is 0 Å². The molecule has 2 aromatic carbocycles. The molecule has 0 bridgehead atoms. The number of fused-ring (bicyclic) bond motifs is 3. The zero-order valence-corrected chi connectivity index (χ0v) is 14.6. The number of methoxy groups -OCH3 is 1. The molecule has 0 aliphatic rings. The molecule has 4 heteroatoms. The number of aryl methyl sites for hydroxylation is 1. The van der Waals surface area contributed by atoms with Gasteiger partial charge in [-0.1, -0.05) is 32.9 Å². The fraction of sp³-hybridized carbons (Fsp3) is 0.333. The third-order valence-electron chi connectivity index (χ3n) is 3.85. The molecule has 0 amide bonds. The predicted octanol–water partition coefficient (Wildman–Crippen LogP) is 5.95. The number of rotatable bonds is 1. The van der Waals surface area contributed by atoms with Crippen molar-refractivity contribution < 1.29 is 13.1 Å². The van der Waals surface area contributed by atoms with E-state index in [1.54, 1.807) is 7.11 Å². The van der Waals surface area contributed by atoms with Gasteiger partial charge in [-0.15, -0.1) is 0 Å². The van der Waals surface area contributed by atoms with E-state index in [-0.39, 0.29) is 14.1 Å². The van der Waals surface area contributed by atoms with Crippen molar-refractivity contribution in [3.63, 3.8) is 0 Å². The van der Waals surface area contributed by atoms with Crippen molar-refractivity contribution in [3.8, 4) is 5.75 Å². The monoisotopic (exact) mass is 316 g/mol. The molecule has 1 heterocycles. The van der Waals surface area contributed by atoms with E-state index in [0.717, 1.165) is 33.3 Å². The van der Waals surface area contributed by atoms with Gasteiger partial charge in [0.05, 0.1) is 7.11 Å². The Bertz CT molecular complexity index is 873. The Labute approximate surface area is 131 Å². The standard InChI is InChI=1S/C18H21O3P/c1-11-8-14-13-7-6-12(18(2,3)4)10-15(13)20-22-21-17(14)16(9-11)19-5/h6-10,22H,1-5H3. The first kappa shape index (κ1) is 15.1. The average Bonchev–Trinajstić information content (AvgIpc) is 2.64. The van der Waals surface area contributed by atoms with Gasteiger partial charge in [0.1, 0.15) is 5.58 Å². The maximum atomic E-state index is 5.86. The molecular weight excluding hydrogens is 295 g/mol. The normalized spacial score (nSPS) is 12.2. The minimum atomic E-state index is -0.0753. The lowest BCUT2D eigenvalue weighted by molar-refractivity contribution is 0.413. The number of ether oxygens (including phenoxy) is 1. The number of benzene rings is 2. The van der Waals surface area contributed by atoms with Crippen LogP contribution < -0.4 is 4.74 Å². The van der Waals surface area contributed by atoms with Crippen LogP contribution in [0.2, 0.25) is 0 Å². The van der Waals surface area contributed by atoms with Crippen molar-refractivity contribution in [1.29, 1.82) is 0 Å². The summed E-state index contributed by atoms with van der Waals surface area (Å²) in [7, 11) is 1.59. The third kappa shape index (κ3) is 2.62. The maximum absolute atomic E-state index is 5.86. The summed E-state index contributed by atoms with van der Waals surface area (Å²) >= 11 is 0. The van der Waals surface area contributed by atoms with Gasteiger partial charge in [0.25, 0.3) is 0 Å². The van der Waals surface area contributed by atoms with Crippen molar-refractivity contribution in [2.24, 2.45) is 0 Å². The van der Waals surface area contributed by atoms with Crippen LogP contribution in [0.3, 0.4) is 0 Å². The summed E-state index contributed by atoms with van der Waals surface area (Å²) in [6.45, 7) is 8.65. The summed E-state index contributed by atoms with van der Waals surface area (Å²) in [4.78, 5) is 0. The molecule has 22 heavy (non-hydrogen) atoms. The van der Waals surface area contributed by atoms with Crippen molar-refractivity contribution >= 4 is 30.6 Å². The van der Waals surface area contributed by atoms with E-state index in [9.17, 15) is 0 Å². The van der Waals surface area contributed by atoms with Gasteiger partial charge in [0.15, 0.2) is 11.3 Å². The van der Waals surface area contributed by atoms with Crippen LogP contribution in [0.1, 0.15) is 31.9 Å². The lowest BCUT2D eigenvalue weighted by Gasteiger charge is -2.18. The smallest absolute Gasteiger partial charge is 0.201 e. The van der Waals surface area contributed by atoms with E-state index in [4.69, 9.17) is 13.1 Å². The lowest BCUT2D eigenvalue weighted by atomic mass is 9.86. The summed E-state index contributed by atoms with van der Waals surface area (Å²) in [5, 5.41) is 2.08. The molecule has 3 aromatic rings. The molecule has 1 aromatic heterocycles. The van der Waals surface area contributed by atoms with Crippen molar-refractivity contribution in [3.05, 3.63) is 41.5 Å². The highest BCUT2D eigenvalue weighted by atomic mass is 31.1. The fourth-order valence-electron chi connectivity index (χ4n) is 2.60. The minimum Gasteiger partial charge on any atom is -0.493 e. The Morgan fingerprint density at radius 2 is 1.77 bits per heavy atom. The van der Waals surface area contributed by atoms with Crippen LogP contribution in [-0.4, -0.2) is 7.11 Å². The first-order valence-electron chi connectivity index (χ1n) is 7.32. The van der Waals surface area contributed by atoms with Gasteiger partial charge in [0, 0.05) is 10.8 Å². The number of hydrogen-bond acceptors (Lipinski definition) is 3. The molecule has 0 aliphatic carbocycles. The van der Waals surface area contributed by atoms with Crippen LogP contribution in [0.5, 0.6) is 5.75 Å². The highest BCUT2D eigenvalue weighted by molar-refractivity contribution is 7.15. The van der Waals surface area contributed by atoms with Crippen molar-refractivity contribution in [2.45, 2.75) is 33.1 Å². The van der Waals surface area contributed by atoms with Crippen LogP contribution in [0.25, 0.3) is 21.9 Å².